The number of rotatable bonds is 2. The van der Waals surface area contributed by atoms with E-state index < -0.39 is 58.7 Å². The summed E-state index contributed by atoms with van der Waals surface area (Å²) in [5, 5.41) is 0.382. The van der Waals surface area contributed by atoms with Crippen LogP contribution in [0.1, 0.15) is 37.9 Å². The lowest BCUT2D eigenvalue weighted by atomic mass is 9.77. The molecule has 0 N–H and O–H groups in total. The number of halogens is 4. The quantitative estimate of drug-likeness (QED) is 0.345. The maximum absolute atomic E-state index is 13.8. The van der Waals surface area contributed by atoms with Crippen LogP contribution >= 0.6 is 11.6 Å². The van der Waals surface area contributed by atoms with Crippen LogP contribution in [0.25, 0.3) is 0 Å². The Morgan fingerprint density at radius 1 is 0.811 bits per heavy atom. The number of Topliss-reactive ketones (excluding diaryl/α,β-unsaturated/α-hetero) is 2. The highest BCUT2D eigenvalue weighted by Gasteiger charge is 2.74. The average molecular weight is 526 g/mol. The smallest absolute Gasteiger partial charge is 0.349 e. The third-order valence-electron chi connectivity index (χ3n) is 7.15. The fourth-order valence-corrected chi connectivity index (χ4v) is 5.67. The molecule has 2 heterocycles. The number of carbonyl (C=O) groups is 4. The molecule has 0 unspecified atom stereocenters. The number of fused-ring (bicyclic) bond motifs is 3. The third-order valence-corrected chi connectivity index (χ3v) is 7.40. The molecular formula is C27H15ClF3NO5. The topological polar surface area (TPSA) is 80.8 Å². The molecule has 3 aliphatic rings. The normalized spacial score (nSPS) is 24.2. The molecule has 0 saturated carbocycles. The van der Waals surface area contributed by atoms with E-state index in [0.29, 0.717) is 21.6 Å². The molecule has 10 heteroatoms. The first-order valence-electron chi connectivity index (χ1n) is 11.2. The summed E-state index contributed by atoms with van der Waals surface area (Å²) in [4.78, 5) is 55.5. The van der Waals surface area contributed by atoms with Crippen molar-refractivity contribution in [2.45, 2.75) is 17.9 Å². The zero-order valence-electron chi connectivity index (χ0n) is 18.7. The lowest BCUT2D eigenvalue weighted by Crippen LogP contribution is -2.51. The van der Waals surface area contributed by atoms with E-state index in [4.69, 9.17) is 16.3 Å². The standard InChI is InChI=1S/C27H15ClF3NO5/c28-15-10-8-13(9-11-15)21-19-20(26(37-21)22(33)17-6-1-2-7-18(17)23(26)34)25(36)32(24(19)35)16-5-3-4-14(12-16)27(29,30)31/h1-12,19-21H/t19-,20+,21+/m1/s1. The Morgan fingerprint density at radius 2 is 1.43 bits per heavy atom. The monoisotopic (exact) mass is 525 g/mol. The first-order valence-corrected chi connectivity index (χ1v) is 11.6. The molecule has 186 valence electrons. The van der Waals surface area contributed by atoms with E-state index in [1.165, 1.54) is 30.3 Å². The molecule has 6 nitrogen and oxygen atoms in total. The highest BCUT2D eigenvalue weighted by molar-refractivity contribution is 6.37. The molecule has 3 atom stereocenters. The second-order valence-corrected chi connectivity index (χ2v) is 9.53. The van der Waals surface area contributed by atoms with Crippen molar-refractivity contribution in [1.29, 1.82) is 0 Å². The van der Waals surface area contributed by atoms with Crippen LogP contribution in [-0.4, -0.2) is 29.0 Å². The Balaban J connectivity index is 1.53. The Bertz CT molecular complexity index is 1480. The van der Waals surface area contributed by atoms with Crippen LogP contribution in [0.15, 0.2) is 72.8 Å². The number of hydrogen-bond acceptors (Lipinski definition) is 5. The summed E-state index contributed by atoms with van der Waals surface area (Å²) in [7, 11) is 0. The highest BCUT2D eigenvalue weighted by Crippen LogP contribution is 2.57. The lowest BCUT2D eigenvalue weighted by molar-refractivity contribution is -0.137. The predicted octanol–water partition coefficient (Wildman–Crippen LogP) is 5.05. The molecule has 3 aromatic rings. The summed E-state index contributed by atoms with van der Waals surface area (Å²) in [5.41, 5.74) is -3.17. The summed E-state index contributed by atoms with van der Waals surface area (Å²) < 4.78 is 46.3. The van der Waals surface area contributed by atoms with Crippen LogP contribution in [-0.2, 0) is 20.5 Å². The second-order valence-electron chi connectivity index (χ2n) is 9.09. The summed E-state index contributed by atoms with van der Waals surface area (Å²) in [5.74, 6) is -6.24. The molecule has 6 rings (SSSR count). The van der Waals surface area contributed by atoms with Gasteiger partial charge in [-0.05, 0) is 35.9 Å². The van der Waals surface area contributed by atoms with Crippen LogP contribution < -0.4 is 4.90 Å². The molecule has 3 aromatic carbocycles. The Kier molecular flexibility index (Phi) is 4.99. The van der Waals surface area contributed by atoms with Gasteiger partial charge in [0.05, 0.1) is 29.2 Å². The van der Waals surface area contributed by atoms with Crippen molar-refractivity contribution in [2.75, 3.05) is 4.90 Å². The summed E-state index contributed by atoms with van der Waals surface area (Å²) >= 11 is 5.99. The number of nitrogens with zero attached hydrogens (tertiary/aromatic N) is 1. The van der Waals surface area contributed by atoms with Gasteiger partial charge in [0.15, 0.2) is 0 Å². The number of imide groups is 1. The van der Waals surface area contributed by atoms with Gasteiger partial charge in [-0.1, -0.05) is 54.1 Å². The van der Waals surface area contributed by atoms with Gasteiger partial charge in [-0.15, -0.1) is 0 Å². The van der Waals surface area contributed by atoms with Crippen molar-refractivity contribution in [3.8, 4) is 0 Å². The molecule has 2 saturated heterocycles. The number of anilines is 1. The fraction of sp³-hybridized carbons (Fsp3) is 0.185. The summed E-state index contributed by atoms with van der Waals surface area (Å²) in [6.07, 6.45) is -5.91. The summed E-state index contributed by atoms with van der Waals surface area (Å²) in [6, 6.07) is 15.9. The van der Waals surface area contributed by atoms with E-state index >= 15 is 0 Å². The molecule has 37 heavy (non-hydrogen) atoms. The van der Waals surface area contributed by atoms with Crippen molar-refractivity contribution in [1.82, 2.24) is 0 Å². The number of amides is 2. The van der Waals surface area contributed by atoms with E-state index in [-0.39, 0.29) is 16.8 Å². The van der Waals surface area contributed by atoms with Crippen molar-refractivity contribution in [3.63, 3.8) is 0 Å². The first kappa shape index (κ1) is 23.6. The fourth-order valence-electron chi connectivity index (χ4n) is 5.55. The molecule has 0 bridgehead atoms. The average Bonchev–Trinajstić information content (AvgIpc) is 3.44. The van der Waals surface area contributed by atoms with E-state index in [9.17, 15) is 32.3 Å². The van der Waals surface area contributed by atoms with Gasteiger partial charge < -0.3 is 4.74 Å². The van der Waals surface area contributed by atoms with Crippen molar-refractivity contribution in [3.05, 3.63) is 100 Å². The molecule has 1 aliphatic carbocycles. The van der Waals surface area contributed by atoms with Gasteiger partial charge in [-0.2, -0.15) is 13.2 Å². The minimum absolute atomic E-state index is 0.0563. The van der Waals surface area contributed by atoms with Crippen molar-refractivity contribution < 1.29 is 37.1 Å². The maximum Gasteiger partial charge on any atom is 0.416 e. The molecule has 2 aliphatic heterocycles. The van der Waals surface area contributed by atoms with Gasteiger partial charge in [-0.25, -0.2) is 4.90 Å². The molecule has 2 amide bonds. The van der Waals surface area contributed by atoms with E-state index in [0.717, 1.165) is 12.1 Å². The van der Waals surface area contributed by atoms with Crippen molar-refractivity contribution >= 4 is 40.7 Å². The second kappa shape index (κ2) is 7.84. The zero-order chi connectivity index (χ0) is 26.3. The number of ether oxygens (including phenoxy) is 1. The van der Waals surface area contributed by atoms with Gasteiger partial charge in [0.2, 0.25) is 29.0 Å². The van der Waals surface area contributed by atoms with Crippen LogP contribution in [0, 0.1) is 11.8 Å². The minimum atomic E-state index is -4.72. The van der Waals surface area contributed by atoms with Crippen LogP contribution in [0.4, 0.5) is 18.9 Å². The van der Waals surface area contributed by atoms with Gasteiger partial charge >= 0.3 is 6.18 Å². The van der Waals surface area contributed by atoms with Gasteiger partial charge in [-0.3, -0.25) is 19.2 Å². The summed E-state index contributed by atoms with van der Waals surface area (Å²) in [6.45, 7) is 0. The molecule has 0 radical (unpaired) electrons. The highest BCUT2D eigenvalue weighted by atomic mass is 35.5. The van der Waals surface area contributed by atoms with Crippen LogP contribution in [0.5, 0.6) is 0 Å². The van der Waals surface area contributed by atoms with E-state index in [1.54, 1.807) is 24.3 Å². The van der Waals surface area contributed by atoms with E-state index in [1.807, 2.05) is 0 Å². The van der Waals surface area contributed by atoms with Crippen LogP contribution in [0.3, 0.4) is 0 Å². The largest absolute Gasteiger partial charge is 0.416 e. The lowest BCUT2D eigenvalue weighted by Gasteiger charge is -2.27. The number of carbonyl (C=O) groups excluding carboxylic acids is 4. The number of benzene rings is 3. The van der Waals surface area contributed by atoms with Crippen molar-refractivity contribution in [2.24, 2.45) is 11.8 Å². The number of hydrogen-bond donors (Lipinski definition) is 0. The van der Waals surface area contributed by atoms with E-state index in [2.05, 4.69) is 0 Å². The Labute approximate surface area is 212 Å². The van der Waals surface area contributed by atoms with Gasteiger partial charge in [0, 0.05) is 16.1 Å². The van der Waals surface area contributed by atoms with Gasteiger partial charge in [0.1, 0.15) is 0 Å². The number of alkyl halides is 3. The number of ketones is 2. The molecule has 0 aromatic heterocycles. The predicted molar refractivity (Wildman–Crippen MR) is 124 cm³/mol. The maximum atomic E-state index is 13.8. The molecule has 1 spiro atoms. The van der Waals surface area contributed by atoms with Gasteiger partial charge in [0.25, 0.3) is 0 Å². The molecular weight excluding hydrogens is 511 g/mol. The first-order chi connectivity index (χ1) is 17.6. The third kappa shape index (κ3) is 3.17. The SMILES string of the molecule is O=C1[C@@H]2[C@@H](C(=O)N1c1cccc(C(F)(F)F)c1)C1(O[C@H]2c2ccc(Cl)cc2)C(=O)c2ccccc2C1=O. The Hall–Kier alpha value is -3.82. The Morgan fingerprint density at radius 3 is 2.03 bits per heavy atom. The zero-order valence-corrected chi connectivity index (χ0v) is 19.4. The minimum Gasteiger partial charge on any atom is -0.349 e. The van der Waals surface area contributed by atoms with Crippen LogP contribution in [0.2, 0.25) is 5.02 Å². The molecule has 2 fully saturated rings.